The van der Waals surface area contributed by atoms with Gasteiger partial charge in [-0.15, -0.1) is 0 Å². The van der Waals surface area contributed by atoms with Gasteiger partial charge in [0.15, 0.2) is 0 Å². The Morgan fingerprint density at radius 3 is 2.60 bits per heavy atom. The zero-order chi connectivity index (χ0) is 18.0. The molecule has 0 aliphatic carbocycles. The van der Waals surface area contributed by atoms with Crippen molar-refractivity contribution in [3.63, 3.8) is 0 Å². The molecule has 25 heavy (non-hydrogen) atoms. The number of nitrogens with one attached hydrogen (secondary N) is 1. The molecule has 6 nitrogen and oxygen atoms in total. The first-order chi connectivity index (χ1) is 12.0. The fourth-order valence-electron chi connectivity index (χ4n) is 2.02. The zero-order valence-corrected chi connectivity index (χ0v) is 15.6. The highest BCUT2D eigenvalue weighted by Crippen LogP contribution is 2.36. The highest BCUT2D eigenvalue weighted by molar-refractivity contribution is 9.11. The minimum absolute atomic E-state index is 0.000471. The highest BCUT2D eigenvalue weighted by Gasteiger charge is 2.18. The summed E-state index contributed by atoms with van der Waals surface area (Å²) in [4.78, 5) is 16.1. The summed E-state index contributed by atoms with van der Waals surface area (Å²) in [5, 5.41) is 16.0. The van der Waals surface area contributed by atoms with Crippen molar-refractivity contribution in [1.82, 2.24) is 15.5 Å². The summed E-state index contributed by atoms with van der Waals surface area (Å²) in [7, 11) is 0. The molecule has 0 aliphatic rings. The minimum Gasteiger partial charge on any atom is -0.506 e. The molecule has 0 unspecified atom stereocenters. The van der Waals surface area contributed by atoms with Crippen LogP contribution in [0.4, 0.5) is 4.39 Å². The predicted molar refractivity (Wildman–Crippen MR) is 94.4 cm³/mol. The van der Waals surface area contributed by atoms with Gasteiger partial charge in [0, 0.05) is 17.7 Å². The summed E-state index contributed by atoms with van der Waals surface area (Å²) in [5.74, 6) is -1.05. The third-order valence-electron chi connectivity index (χ3n) is 3.29. The standard InChI is InChI=1S/C16H10Br2FN3O3/c17-10-5-9(6-11(18)13(10)23)14-21-16(25-22-14)15(24)20-7-8-3-1-2-4-12(8)19/h1-6,23H,7H2,(H,20,24). The number of benzene rings is 2. The Labute approximate surface area is 158 Å². The second kappa shape index (κ2) is 7.32. The van der Waals surface area contributed by atoms with Crippen molar-refractivity contribution < 1.29 is 18.8 Å². The molecule has 9 heteroatoms. The lowest BCUT2D eigenvalue weighted by molar-refractivity contribution is 0.0906. The molecule has 0 fully saturated rings. The number of hydrogen-bond donors (Lipinski definition) is 2. The molecule has 0 bridgehead atoms. The van der Waals surface area contributed by atoms with Crippen LogP contribution in [0.2, 0.25) is 0 Å². The van der Waals surface area contributed by atoms with Gasteiger partial charge in [0.05, 0.1) is 8.95 Å². The van der Waals surface area contributed by atoms with Crippen LogP contribution in [0.1, 0.15) is 16.2 Å². The van der Waals surface area contributed by atoms with Crippen molar-refractivity contribution in [1.29, 1.82) is 0 Å². The number of hydrogen-bond acceptors (Lipinski definition) is 5. The molecule has 3 aromatic rings. The Morgan fingerprint density at radius 1 is 1.24 bits per heavy atom. The van der Waals surface area contributed by atoms with Crippen LogP contribution in [-0.2, 0) is 6.54 Å². The third kappa shape index (κ3) is 3.88. The minimum atomic E-state index is -0.612. The Hall–Kier alpha value is -2.26. The molecule has 0 radical (unpaired) electrons. The maximum atomic E-state index is 13.5. The van der Waals surface area contributed by atoms with E-state index in [0.29, 0.717) is 20.1 Å². The van der Waals surface area contributed by atoms with Crippen molar-refractivity contribution >= 4 is 37.8 Å². The van der Waals surface area contributed by atoms with Gasteiger partial charge in [-0.05, 0) is 50.1 Å². The van der Waals surface area contributed by atoms with Gasteiger partial charge in [-0.3, -0.25) is 4.79 Å². The predicted octanol–water partition coefficient (Wildman–Crippen LogP) is 4.04. The third-order valence-corrected chi connectivity index (χ3v) is 4.50. The molecule has 2 N–H and O–H groups in total. The molecular weight excluding hydrogens is 461 g/mol. The van der Waals surface area contributed by atoms with E-state index >= 15 is 0 Å². The van der Waals surface area contributed by atoms with Crippen LogP contribution in [-0.4, -0.2) is 21.2 Å². The molecule has 1 amide bonds. The average molecular weight is 471 g/mol. The second-order valence-corrected chi connectivity index (χ2v) is 6.69. The number of phenolic OH excluding ortho intramolecular Hbond substituents is 1. The number of amides is 1. The Morgan fingerprint density at radius 2 is 1.92 bits per heavy atom. The first-order valence-corrected chi connectivity index (χ1v) is 8.58. The number of aromatic nitrogens is 2. The Bertz CT molecular complexity index is 923. The number of rotatable bonds is 4. The fourth-order valence-corrected chi connectivity index (χ4v) is 3.21. The largest absolute Gasteiger partial charge is 0.506 e. The number of carbonyl (C=O) groups excluding carboxylic acids is 1. The molecule has 0 atom stereocenters. The van der Waals surface area contributed by atoms with E-state index in [2.05, 4.69) is 47.3 Å². The van der Waals surface area contributed by atoms with Crippen molar-refractivity contribution in [2.45, 2.75) is 6.54 Å². The average Bonchev–Trinajstić information content (AvgIpc) is 3.08. The molecular formula is C16H10Br2FN3O3. The van der Waals surface area contributed by atoms with Gasteiger partial charge in [0.25, 0.3) is 0 Å². The van der Waals surface area contributed by atoms with Gasteiger partial charge in [-0.1, -0.05) is 23.4 Å². The van der Waals surface area contributed by atoms with E-state index in [4.69, 9.17) is 4.52 Å². The topological polar surface area (TPSA) is 88.2 Å². The van der Waals surface area contributed by atoms with Crippen LogP contribution in [0.3, 0.4) is 0 Å². The summed E-state index contributed by atoms with van der Waals surface area (Å²) >= 11 is 6.41. The number of halogens is 3. The zero-order valence-electron chi connectivity index (χ0n) is 12.5. The molecule has 1 aromatic heterocycles. The highest BCUT2D eigenvalue weighted by atomic mass is 79.9. The van der Waals surface area contributed by atoms with Gasteiger partial charge >= 0.3 is 11.8 Å². The van der Waals surface area contributed by atoms with Crippen molar-refractivity contribution in [3.05, 3.63) is 62.6 Å². The van der Waals surface area contributed by atoms with Crippen molar-refractivity contribution in [3.8, 4) is 17.1 Å². The molecule has 0 saturated heterocycles. The van der Waals surface area contributed by atoms with E-state index < -0.39 is 11.7 Å². The van der Waals surface area contributed by atoms with Crippen LogP contribution in [0, 0.1) is 5.82 Å². The summed E-state index contributed by atoms with van der Waals surface area (Å²) < 4.78 is 19.4. The van der Waals surface area contributed by atoms with Crippen LogP contribution in [0.25, 0.3) is 11.4 Å². The summed E-state index contributed by atoms with van der Waals surface area (Å²) in [5.41, 5.74) is 0.885. The number of carbonyl (C=O) groups is 1. The van der Waals surface area contributed by atoms with Gasteiger partial charge in [-0.2, -0.15) is 4.98 Å². The number of nitrogens with zero attached hydrogens (tertiary/aromatic N) is 2. The molecule has 2 aromatic carbocycles. The van der Waals surface area contributed by atoms with Gasteiger partial charge in [0.1, 0.15) is 11.6 Å². The summed E-state index contributed by atoms with van der Waals surface area (Å²) in [6.45, 7) is -0.000471. The second-order valence-electron chi connectivity index (χ2n) is 4.99. The first-order valence-electron chi connectivity index (χ1n) is 6.99. The van der Waals surface area contributed by atoms with Crippen LogP contribution >= 0.6 is 31.9 Å². The van der Waals surface area contributed by atoms with E-state index in [1.807, 2.05) is 0 Å². The lowest BCUT2D eigenvalue weighted by Gasteiger charge is -2.03. The van der Waals surface area contributed by atoms with Crippen molar-refractivity contribution in [2.75, 3.05) is 0 Å². The summed E-state index contributed by atoms with van der Waals surface area (Å²) in [6, 6.07) is 9.31. The van der Waals surface area contributed by atoms with Crippen LogP contribution in [0.5, 0.6) is 5.75 Å². The quantitative estimate of drug-likeness (QED) is 0.600. The smallest absolute Gasteiger partial charge is 0.316 e. The SMILES string of the molecule is O=C(NCc1ccccc1F)c1nc(-c2cc(Br)c(O)c(Br)c2)no1. The molecule has 0 saturated carbocycles. The first kappa shape index (κ1) is 17.6. The molecule has 0 spiro atoms. The summed E-state index contributed by atoms with van der Waals surface area (Å²) in [6.07, 6.45) is 0. The maximum Gasteiger partial charge on any atom is 0.316 e. The Kier molecular flexibility index (Phi) is 5.14. The van der Waals surface area contributed by atoms with Crippen LogP contribution < -0.4 is 5.32 Å². The van der Waals surface area contributed by atoms with Gasteiger partial charge in [0.2, 0.25) is 5.82 Å². The van der Waals surface area contributed by atoms with Crippen LogP contribution in [0.15, 0.2) is 49.9 Å². The lowest BCUT2D eigenvalue weighted by atomic mass is 10.2. The molecule has 1 heterocycles. The van der Waals surface area contributed by atoms with E-state index in [-0.39, 0.29) is 24.0 Å². The lowest BCUT2D eigenvalue weighted by Crippen LogP contribution is -2.23. The normalized spacial score (nSPS) is 10.7. The number of aromatic hydroxyl groups is 1. The molecule has 0 aliphatic heterocycles. The Balaban J connectivity index is 1.75. The van der Waals surface area contributed by atoms with Crippen molar-refractivity contribution in [2.24, 2.45) is 0 Å². The fraction of sp³-hybridized carbons (Fsp3) is 0.0625. The monoisotopic (exact) mass is 469 g/mol. The van der Waals surface area contributed by atoms with E-state index in [9.17, 15) is 14.3 Å². The maximum absolute atomic E-state index is 13.5. The van der Waals surface area contributed by atoms with E-state index in [0.717, 1.165) is 0 Å². The van der Waals surface area contributed by atoms with E-state index in [1.165, 1.54) is 6.07 Å². The number of phenols is 1. The molecule has 128 valence electrons. The van der Waals surface area contributed by atoms with Gasteiger partial charge in [-0.25, -0.2) is 4.39 Å². The van der Waals surface area contributed by atoms with E-state index in [1.54, 1.807) is 30.3 Å². The molecule has 3 rings (SSSR count). The van der Waals surface area contributed by atoms with Gasteiger partial charge < -0.3 is 14.9 Å².